The van der Waals surface area contributed by atoms with Crippen LogP contribution in [0.15, 0.2) is 0 Å². The topological polar surface area (TPSA) is 162 Å². The fourth-order valence-electron chi connectivity index (χ4n) is 2.73. The van der Waals surface area contributed by atoms with E-state index in [9.17, 15) is 35.7 Å². The first-order valence-corrected chi connectivity index (χ1v) is 6.63. The molecule has 0 aromatic carbocycles. The minimum absolute atomic E-state index is 0.0598. The second-order valence-electron chi connectivity index (χ2n) is 5.43. The van der Waals surface area contributed by atoms with Crippen molar-refractivity contribution >= 4 is 0 Å². The first-order chi connectivity index (χ1) is 9.33. The number of aliphatic hydroxyl groups is 8. The lowest BCUT2D eigenvalue weighted by Gasteiger charge is -2.28. The molecule has 0 aromatic heterocycles. The third-order valence-electron chi connectivity index (χ3n) is 4.06. The fourth-order valence-corrected chi connectivity index (χ4v) is 2.73. The number of rotatable bonds is 7. The van der Waals surface area contributed by atoms with Gasteiger partial charge >= 0.3 is 0 Å². The highest BCUT2D eigenvalue weighted by Crippen LogP contribution is 2.35. The van der Waals surface area contributed by atoms with Crippen molar-refractivity contribution in [3.8, 4) is 0 Å². The summed E-state index contributed by atoms with van der Waals surface area (Å²) in [6.07, 6.45) is -8.37. The summed E-state index contributed by atoms with van der Waals surface area (Å²) < 4.78 is 0. The third kappa shape index (κ3) is 3.86. The molecule has 0 heterocycles. The van der Waals surface area contributed by atoms with Crippen LogP contribution in [0.2, 0.25) is 0 Å². The maximum Gasteiger partial charge on any atom is 0.110 e. The average molecular weight is 296 g/mol. The Morgan fingerprint density at radius 2 is 1.45 bits per heavy atom. The highest BCUT2D eigenvalue weighted by molar-refractivity contribution is 4.93. The van der Waals surface area contributed by atoms with Crippen LogP contribution in [0.4, 0.5) is 0 Å². The maximum absolute atomic E-state index is 9.83. The Bertz CT molecular complexity index is 289. The summed E-state index contributed by atoms with van der Waals surface area (Å²) in [4.78, 5) is 0. The van der Waals surface area contributed by atoms with Crippen LogP contribution in [0.3, 0.4) is 0 Å². The van der Waals surface area contributed by atoms with Gasteiger partial charge in [0.05, 0.1) is 24.9 Å². The molecule has 1 aliphatic carbocycles. The molecule has 0 saturated heterocycles. The van der Waals surface area contributed by atoms with Crippen LogP contribution < -0.4 is 0 Å². The van der Waals surface area contributed by atoms with Gasteiger partial charge in [0, 0.05) is 12.5 Å². The van der Waals surface area contributed by atoms with Crippen molar-refractivity contribution in [3.63, 3.8) is 0 Å². The molecular formula is C12H24O8. The van der Waals surface area contributed by atoms with Gasteiger partial charge in [-0.1, -0.05) is 0 Å². The number of hydrogen-bond acceptors (Lipinski definition) is 8. The highest BCUT2D eigenvalue weighted by atomic mass is 16.4. The molecule has 8 nitrogen and oxygen atoms in total. The molecule has 1 fully saturated rings. The van der Waals surface area contributed by atoms with Gasteiger partial charge in [-0.3, -0.25) is 0 Å². The van der Waals surface area contributed by atoms with Crippen LogP contribution in [0.1, 0.15) is 12.8 Å². The van der Waals surface area contributed by atoms with E-state index in [2.05, 4.69) is 0 Å². The van der Waals surface area contributed by atoms with Crippen LogP contribution in [-0.2, 0) is 0 Å². The van der Waals surface area contributed by atoms with Crippen LogP contribution in [-0.4, -0.2) is 90.7 Å². The minimum atomic E-state index is -1.71. The van der Waals surface area contributed by atoms with Gasteiger partial charge in [0.2, 0.25) is 0 Å². The first-order valence-electron chi connectivity index (χ1n) is 6.63. The molecule has 0 spiro atoms. The van der Waals surface area contributed by atoms with Crippen LogP contribution in [0.5, 0.6) is 0 Å². The molecule has 1 rings (SSSR count). The summed E-state index contributed by atoms with van der Waals surface area (Å²) >= 11 is 0. The van der Waals surface area contributed by atoms with Gasteiger partial charge in [0.1, 0.15) is 18.3 Å². The molecular weight excluding hydrogens is 272 g/mol. The molecule has 0 radical (unpaired) electrons. The number of hydrogen-bond donors (Lipinski definition) is 8. The fraction of sp³-hybridized carbons (Fsp3) is 1.00. The van der Waals surface area contributed by atoms with Crippen molar-refractivity contribution < 1.29 is 40.9 Å². The summed E-state index contributed by atoms with van der Waals surface area (Å²) in [5, 5.41) is 75.2. The molecule has 0 aliphatic heterocycles. The number of aliphatic hydroxyl groups excluding tert-OH is 8. The Kier molecular flexibility index (Phi) is 6.76. The van der Waals surface area contributed by atoms with Gasteiger partial charge in [-0.15, -0.1) is 0 Å². The summed E-state index contributed by atoms with van der Waals surface area (Å²) in [7, 11) is 0. The zero-order valence-electron chi connectivity index (χ0n) is 11.0. The lowest BCUT2D eigenvalue weighted by Crippen LogP contribution is -2.46. The van der Waals surface area contributed by atoms with E-state index < -0.39 is 55.1 Å². The molecule has 8 N–H and O–H groups in total. The van der Waals surface area contributed by atoms with E-state index in [0.29, 0.717) is 0 Å². The summed E-state index contributed by atoms with van der Waals surface area (Å²) in [6.45, 7) is -1.13. The van der Waals surface area contributed by atoms with E-state index in [4.69, 9.17) is 5.11 Å². The Morgan fingerprint density at radius 3 is 1.95 bits per heavy atom. The zero-order chi connectivity index (χ0) is 15.4. The molecule has 20 heavy (non-hydrogen) atoms. The largest absolute Gasteiger partial charge is 0.396 e. The quantitative estimate of drug-likeness (QED) is 0.237. The minimum Gasteiger partial charge on any atom is -0.396 e. The average Bonchev–Trinajstić information content (AvgIpc) is 2.70. The molecule has 8 atom stereocenters. The van der Waals surface area contributed by atoms with Crippen molar-refractivity contribution in [2.75, 3.05) is 13.2 Å². The van der Waals surface area contributed by atoms with Gasteiger partial charge in [-0.05, 0) is 18.8 Å². The standard InChI is InChI=1S/C12H24O8/c13-3-6-5(1-7(15)10(6)18)2-8(16)11(19)12(20)9(17)4-14/h5-20H,1-4H2/t5-,6-,7+,8+,9-,10+,11-,12-/m1/s1. The van der Waals surface area contributed by atoms with E-state index in [-0.39, 0.29) is 19.4 Å². The Hall–Kier alpha value is -0.320. The van der Waals surface area contributed by atoms with Gasteiger partial charge < -0.3 is 40.9 Å². The maximum atomic E-state index is 9.83. The van der Waals surface area contributed by atoms with Crippen molar-refractivity contribution in [2.24, 2.45) is 11.8 Å². The van der Waals surface area contributed by atoms with E-state index in [1.165, 1.54) is 0 Å². The lowest BCUT2D eigenvalue weighted by molar-refractivity contribution is -0.120. The molecule has 0 aromatic rings. The Morgan fingerprint density at radius 1 is 0.900 bits per heavy atom. The molecule has 0 unspecified atom stereocenters. The predicted molar refractivity (Wildman–Crippen MR) is 66.4 cm³/mol. The predicted octanol–water partition coefficient (Wildman–Crippen LogP) is -3.84. The second-order valence-corrected chi connectivity index (χ2v) is 5.43. The molecule has 0 bridgehead atoms. The smallest absolute Gasteiger partial charge is 0.110 e. The summed E-state index contributed by atoms with van der Waals surface area (Å²) in [5.41, 5.74) is 0. The summed E-state index contributed by atoms with van der Waals surface area (Å²) in [6, 6.07) is 0. The normalized spacial score (nSPS) is 36.6. The van der Waals surface area contributed by atoms with E-state index in [1.54, 1.807) is 0 Å². The molecule has 0 amide bonds. The highest BCUT2D eigenvalue weighted by Gasteiger charge is 2.43. The van der Waals surface area contributed by atoms with Gasteiger partial charge in [0.15, 0.2) is 0 Å². The van der Waals surface area contributed by atoms with Crippen LogP contribution >= 0.6 is 0 Å². The molecule has 120 valence electrons. The van der Waals surface area contributed by atoms with Crippen LogP contribution in [0.25, 0.3) is 0 Å². The summed E-state index contributed by atoms with van der Waals surface area (Å²) in [5.74, 6) is -1.04. The van der Waals surface area contributed by atoms with Crippen molar-refractivity contribution in [3.05, 3.63) is 0 Å². The molecule has 1 aliphatic rings. The third-order valence-corrected chi connectivity index (χ3v) is 4.06. The van der Waals surface area contributed by atoms with Crippen LogP contribution in [0, 0.1) is 11.8 Å². The van der Waals surface area contributed by atoms with E-state index in [0.717, 1.165) is 0 Å². The van der Waals surface area contributed by atoms with Crippen molar-refractivity contribution in [1.82, 2.24) is 0 Å². The Labute approximate surface area is 116 Å². The lowest BCUT2D eigenvalue weighted by atomic mass is 9.87. The first kappa shape index (κ1) is 17.7. The van der Waals surface area contributed by atoms with E-state index >= 15 is 0 Å². The van der Waals surface area contributed by atoms with Gasteiger partial charge in [-0.2, -0.15) is 0 Å². The van der Waals surface area contributed by atoms with Gasteiger partial charge in [0.25, 0.3) is 0 Å². The SMILES string of the molecule is OC[C@@H]1[C@@H](C[C@H](O)[C@@H](O)[C@H](O)[C@H](O)CO)C[C@H](O)[C@H]1O. The van der Waals surface area contributed by atoms with Crippen molar-refractivity contribution in [2.45, 2.75) is 49.5 Å². The van der Waals surface area contributed by atoms with Crippen molar-refractivity contribution in [1.29, 1.82) is 0 Å². The zero-order valence-corrected chi connectivity index (χ0v) is 11.0. The Balaban J connectivity index is 2.59. The van der Waals surface area contributed by atoms with Gasteiger partial charge in [-0.25, -0.2) is 0 Å². The van der Waals surface area contributed by atoms with E-state index in [1.807, 2.05) is 0 Å². The molecule has 1 saturated carbocycles. The molecule has 8 heteroatoms. The monoisotopic (exact) mass is 296 g/mol. The second kappa shape index (κ2) is 7.62.